The van der Waals surface area contributed by atoms with E-state index < -0.39 is 0 Å². The fraction of sp³-hybridized carbons (Fsp3) is 0.455. The minimum atomic E-state index is -0.276. The molecular formula is C11H15NO. The number of anilines is 1. The van der Waals surface area contributed by atoms with Gasteiger partial charge in [0.2, 0.25) is 0 Å². The Morgan fingerprint density at radius 3 is 2.92 bits per heavy atom. The maximum Gasteiger partial charge on any atom is 0.126 e. The number of aliphatic hydroxyl groups excluding tert-OH is 1. The predicted octanol–water partition coefficient (Wildman–Crippen LogP) is 1.91. The second kappa shape index (κ2) is 3.38. The molecule has 1 aromatic carbocycles. The Kier molecular flexibility index (Phi) is 2.23. The molecule has 0 bridgehead atoms. The van der Waals surface area contributed by atoms with Gasteiger partial charge in [-0.2, -0.15) is 0 Å². The van der Waals surface area contributed by atoms with Gasteiger partial charge in [0.1, 0.15) is 6.23 Å². The van der Waals surface area contributed by atoms with Crippen LogP contribution in [-0.2, 0) is 0 Å². The molecule has 1 N–H and O–H groups in total. The van der Waals surface area contributed by atoms with Crippen molar-refractivity contribution in [2.24, 2.45) is 0 Å². The van der Waals surface area contributed by atoms with Crippen LogP contribution in [0.2, 0.25) is 0 Å². The molecule has 0 saturated carbocycles. The normalized spacial score (nSPS) is 22.3. The van der Waals surface area contributed by atoms with Gasteiger partial charge in [0, 0.05) is 12.2 Å². The van der Waals surface area contributed by atoms with Gasteiger partial charge < -0.3 is 10.0 Å². The molecule has 1 fully saturated rings. The Bertz CT molecular complexity index is 298. The molecule has 1 aliphatic rings. The molecule has 1 unspecified atom stereocenters. The van der Waals surface area contributed by atoms with E-state index in [2.05, 4.69) is 30.0 Å². The maximum absolute atomic E-state index is 9.66. The average molecular weight is 177 g/mol. The summed E-state index contributed by atoms with van der Waals surface area (Å²) >= 11 is 0. The first-order chi connectivity index (χ1) is 6.27. The van der Waals surface area contributed by atoms with Crippen LogP contribution in [0.5, 0.6) is 0 Å². The summed E-state index contributed by atoms with van der Waals surface area (Å²) in [5, 5.41) is 9.66. The average Bonchev–Trinajstić information content (AvgIpc) is 2.51. The Balaban J connectivity index is 2.24. The zero-order valence-electron chi connectivity index (χ0n) is 7.90. The first kappa shape index (κ1) is 8.57. The standard InChI is InChI=1S/C11H15NO/c1-9-4-2-5-10(8-9)12-7-3-6-11(12)13/h2,4-5,8,11,13H,3,6-7H2,1H3. The van der Waals surface area contributed by atoms with Gasteiger partial charge in [0.15, 0.2) is 0 Å². The van der Waals surface area contributed by atoms with Crippen molar-refractivity contribution in [3.63, 3.8) is 0 Å². The van der Waals surface area contributed by atoms with Crippen molar-refractivity contribution in [2.45, 2.75) is 26.0 Å². The van der Waals surface area contributed by atoms with E-state index in [1.54, 1.807) is 0 Å². The minimum Gasteiger partial charge on any atom is -0.374 e. The molecule has 13 heavy (non-hydrogen) atoms. The third-order valence-corrected chi connectivity index (χ3v) is 2.55. The second-order valence-electron chi connectivity index (χ2n) is 3.66. The molecule has 1 atom stereocenters. The SMILES string of the molecule is Cc1cccc(N2CCCC2O)c1. The van der Waals surface area contributed by atoms with Crippen molar-refractivity contribution < 1.29 is 5.11 Å². The minimum absolute atomic E-state index is 0.276. The monoisotopic (exact) mass is 177 g/mol. The molecule has 1 aromatic rings. The lowest BCUT2D eigenvalue weighted by molar-refractivity contribution is 0.185. The Morgan fingerprint density at radius 1 is 1.46 bits per heavy atom. The third kappa shape index (κ3) is 1.68. The number of rotatable bonds is 1. The summed E-state index contributed by atoms with van der Waals surface area (Å²) in [7, 11) is 0. The molecule has 1 aliphatic heterocycles. The van der Waals surface area contributed by atoms with Crippen molar-refractivity contribution in [3.05, 3.63) is 29.8 Å². The lowest BCUT2D eigenvalue weighted by atomic mass is 10.2. The van der Waals surface area contributed by atoms with Gasteiger partial charge in [-0.15, -0.1) is 0 Å². The van der Waals surface area contributed by atoms with Crippen molar-refractivity contribution >= 4 is 5.69 Å². The molecule has 0 aliphatic carbocycles. The van der Waals surface area contributed by atoms with E-state index in [0.717, 1.165) is 25.1 Å². The van der Waals surface area contributed by atoms with E-state index in [9.17, 15) is 5.11 Å². The molecule has 0 spiro atoms. The van der Waals surface area contributed by atoms with Crippen molar-refractivity contribution in [1.82, 2.24) is 0 Å². The van der Waals surface area contributed by atoms with E-state index in [1.165, 1.54) is 5.56 Å². The summed E-state index contributed by atoms with van der Waals surface area (Å²) in [4.78, 5) is 2.06. The first-order valence-electron chi connectivity index (χ1n) is 4.79. The third-order valence-electron chi connectivity index (χ3n) is 2.55. The highest BCUT2D eigenvalue weighted by molar-refractivity contribution is 5.49. The maximum atomic E-state index is 9.66. The van der Waals surface area contributed by atoms with Crippen LogP contribution in [0.25, 0.3) is 0 Å². The summed E-state index contributed by atoms with van der Waals surface area (Å²) in [6.45, 7) is 3.05. The Hall–Kier alpha value is -1.02. The van der Waals surface area contributed by atoms with Gasteiger partial charge in [0.05, 0.1) is 0 Å². The summed E-state index contributed by atoms with van der Waals surface area (Å²) in [5.74, 6) is 0. The molecule has 2 nitrogen and oxygen atoms in total. The first-order valence-corrected chi connectivity index (χ1v) is 4.79. The topological polar surface area (TPSA) is 23.5 Å². The molecule has 0 amide bonds. The largest absolute Gasteiger partial charge is 0.374 e. The Labute approximate surface area is 78.8 Å². The summed E-state index contributed by atoms with van der Waals surface area (Å²) in [6, 6.07) is 8.29. The molecule has 0 aromatic heterocycles. The van der Waals surface area contributed by atoms with Crippen LogP contribution in [0.1, 0.15) is 18.4 Å². The number of nitrogens with zero attached hydrogens (tertiary/aromatic N) is 1. The lowest BCUT2D eigenvalue weighted by Crippen LogP contribution is -2.28. The van der Waals surface area contributed by atoms with Crippen molar-refractivity contribution in [1.29, 1.82) is 0 Å². The molecule has 0 radical (unpaired) electrons. The van der Waals surface area contributed by atoms with Crippen LogP contribution in [0.4, 0.5) is 5.69 Å². The number of aryl methyl sites for hydroxylation is 1. The molecule has 70 valence electrons. The highest BCUT2D eigenvalue weighted by atomic mass is 16.3. The lowest BCUT2D eigenvalue weighted by Gasteiger charge is -2.22. The summed E-state index contributed by atoms with van der Waals surface area (Å²) in [5.41, 5.74) is 2.39. The smallest absolute Gasteiger partial charge is 0.126 e. The van der Waals surface area contributed by atoms with E-state index >= 15 is 0 Å². The van der Waals surface area contributed by atoms with Gasteiger partial charge in [-0.1, -0.05) is 12.1 Å². The predicted molar refractivity (Wildman–Crippen MR) is 53.8 cm³/mol. The number of hydrogen-bond donors (Lipinski definition) is 1. The van der Waals surface area contributed by atoms with Crippen LogP contribution in [0, 0.1) is 6.92 Å². The van der Waals surface area contributed by atoms with Gasteiger partial charge in [-0.05, 0) is 37.5 Å². The molecule has 2 heteroatoms. The summed E-state index contributed by atoms with van der Waals surface area (Å²) in [6.07, 6.45) is 1.71. The van der Waals surface area contributed by atoms with E-state index in [0.29, 0.717) is 0 Å². The highest BCUT2D eigenvalue weighted by Gasteiger charge is 2.21. The second-order valence-corrected chi connectivity index (χ2v) is 3.66. The number of benzene rings is 1. The van der Waals surface area contributed by atoms with Crippen LogP contribution in [-0.4, -0.2) is 17.9 Å². The van der Waals surface area contributed by atoms with E-state index in [1.807, 2.05) is 6.07 Å². The fourth-order valence-corrected chi connectivity index (χ4v) is 1.86. The fourth-order valence-electron chi connectivity index (χ4n) is 1.86. The zero-order chi connectivity index (χ0) is 9.26. The van der Waals surface area contributed by atoms with Crippen LogP contribution in [0.3, 0.4) is 0 Å². The van der Waals surface area contributed by atoms with Crippen LogP contribution in [0.15, 0.2) is 24.3 Å². The van der Waals surface area contributed by atoms with Gasteiger partial charge in [-0.3, -0.25) is 0 Å². The van der Waals surface area contributed by atoms with Crippen molar-refractivity contribution in [3.8, 4) is 0 Å². The van der Waals surface area contributed by atoms with Crippen molar-refractivity contribution in [2.75, 3.05) is 11.4 Å². The number of aliphatic hydroxyl groups is 1. The molecule has 1 heterocycles. The molecule has 1 saturated heterocycles. The van der Waals surface area contributed by atoms with Crippen LogP contribution >= 0.6 is 0 Å². The van der Waals surface area contributed by atoms with Gasteiger partial charge >= 0.3 is 0 Å². The highest BCUT2D eigenvalue weighted by Crippen LogP contribution is 2.24. The quantitative estimate of drug-likeness (QED) is 0.708. The Morgan fingerprint density at radius 2 is 2.31 bits per heavy atom. The van der Waals surface area contributed by atoms with E-state index in [-0.39, 0.29) is 6.23 Å². The molecular weight excluding hydrogens is 162 g/mol. The van der Waals surface area contributed by atoms with Gasteiger partial charge in [0.25, 0.3) is 0 Å². The molecule has 2 rings (SSSR count). The van der Waals surface area contributed by atoms with E-state index in [4.69, 9.17) is 0 Å². The number of hydrogen-bond acceptors (Lipinski definition) is 2. The summed E-state index contributed by atoms with van der Waals surface area (Å²) < 4.78 is 0. The van der Waals surface area contributed by atoms with Gasteiger partial charge in [-0.25, -0.2) is 0 Å². The van der Waals surface area contributed by atoms with Crippen LogP contribution < -0.4 is 4.90 Å². The zero-order valence-corrected chi connectivity index (χ0v) is 7.90.